The third-order valence-corrected chi connectivity index (χ3v) is 5.30. The number of aromatic nitrogens is 2. The van der Waals surface area contributed by atoms with E-state index in [-0.39, 0.29) is 0 Å². The van der Waals surface area contributed by atoms with Crippen molar-refractivity contribution in [3.63, 3.8) is 0 Å². The van der Waals surface area contributed by atoms with Crippen LogP contribution in [0.4, 0.5) is 0 Å². The van der Waals surface area contributed by atoms with Crippen LogP contribution in [-0.2, 0) is 13.0 Å². The van der Waals surface area contributed by atoms with Crippen LogP contribution < -0.4 is 0 Å². The second-order valence-electron chi connectivity index (χ2n) is 6.67. The highest BCUT2D eigenvalue weighted by atomic mass is 35.5. The van der Waals surface area contributed by atoms with Gasteiger partial charge in [0.15, 0.2) is 0 Å². The van der Waals surface area contributed by atoms with Crippen molar-refractivity contribution in [3.8, 4) is 0 Å². The first-order valence-corrected chi connectivity index (χ1v) is 8.77. The van der Waals surface area contributed by atoms with Crippen molar-refractivity contribution in [2.24, 2.45) is 5.92 Å². The van der Waals surface area contributed by atoms with E-state index in [2.05, 4.69) is 34.7 Å². The zero-order chi connectivity index (χ0) is 15.5. The molecule has 0 radical (unpaired) electrons. The third kappa shape index (κ3) is 3.55. The molecular weight excluding hydrogens is 292 g/mol. The van der Waals surface area contributed by atoms with Gasteiger partial charge in [0.25, 0.3) is 0 Å². The number of rotatable bonds is 4. The molecule has 0 N–H and O–H groups in total. The lowest BCUT2D eigenvalue weighted by atomic mass is 9.85. The highest BCUT2D eigenvalue weighted by Crippen LogP contribution is 2.28. The van der Waals surface area contributed by atoms with Gasteiger partial charge in [-0.25, -0.2) is 4.98 Å². The second kappa shape index (κ2) is 6.87. The molecule has 0 amide bonds. The number of nitrogens with zero attached hydrogens (tertiary/aromatic N) is 2. The predicted molar refractivity (Wildman–Crippen MR) is 92.5 cm³/mol. The minimum Gasteiger partial charge on any atom is -0.328 e. The number of imidazole rings is 1. The van der Waals surface area contributed by atoms with E-state index >= 15 is 0 Å². The molecule has 1 aromatic carbocycles. The van der Waals surface area contributed by atoms with Crippen molar-refractivity contribution in [1.29, 1.82) is 0 Å². The number of hydrogen-bond donors (Lipinski definition) is 0. The maximum atomic E-state index is 6.53. The molecule has 3 heteroatoms. The van der Waals surface area contributed by atoms with E-state index in [1.165, 1.54) is 55.3 Å². The maximum absolute atomic E-state index is 6.53. The molecule has 118 valence electrons. The van der Waals surface area contributed by atoms with Gasteiger partial charge in [-0.1, -0.05) is 55.8 Å². The molecule has 2 aromatic rings. The lowest BCUT2D eigenvalue weighted by Crippen LogP contribution is -2.09. The van der Waals surface area contributed by atoms with Gasteiger partial charge in [0.2, 0.25) is 0 Å². The highest BCUT2D eigenvalue weighted by molar-refractivity contribution is 6.31. The Hall–Kier alpha value is -1.28. The molecule has 0 atom stereocenters. The number of aryl methyl sites for hydroxylation is 2. The molecule has 0 aliphatic heterocycles. The molecule has 2 nitrogen and oxygen atoms in total. The maximum Gasteiger partial charge on any atom is 0.106 e. The number of benzene rings is 1. The van der Waals surface area contributed by atoms with Crippen LogP contribution in [0, 0.1) is 19.8 Å². The predicted octanol–water partition coefficient (Wildman–Crippen LogP) is 5.32. The quantitative estimate of drug-likeness (QED) is 0.746. The molecule has 1 aromatic heterocycles. The summed E-state index contributed by atoms with van der Waals surface area (Å²) in [5.74, 6) is 1.90. The molecule has 1 aliphatic rings. The average molecular weight is 317 g/mol. The zero-order valence-corrected chi connectivity index (χ0v) is 14.4. The third-order valence-electron chi connectivity index (χ3n) is 4.95. The molecule has 0 saturated heterocycles. The van der Waals surface area contributed by atoms with Gasteiger partial charge in [0.05, 0.1) is 6.54 Å². The van der Waals surface area contributed by atoms with Gasteiger partial charge >= 0.3 is 0 Å². The molecule has 1 saturated carbocycles. The van der Waals surface area contributed by atoms with Crippen LogP contribution in [0.5, 0.6) is 0 Å². The largest absolute Gasteiger partial charge is 0.328 e. The number of halogens is 1. The summed E-state index contributed by atoms with van der Waals surface area (Å²) in [6.07, 6.45) is 10.1. The monoisotopic (exact) mass is 316 g/mol. The Morgan fingerprint density at radius 3 is 2.59 bits per heavy atom. The Balaban J connectivity index is 1.72. The summed E-state index contributed by atoms with van der Waals surface area (Å²) in [4.78, 5) is 4.36. The van der Waals surface area contributed by atoms with Crippen LogP contribution in [0.2, 0.25) is 5.02 Å². The molecule has 0 bridgehead atoms. The lowest BCUT2D eigenvalue weighted by Gasteiger charge is -2.21. The Labute approximate surface area is 138 Å². The van der Waals surface area contributed by atoms with Crippen LogP contribution in [0.25, 0.3) is 0 Å². The van der Waals surface area contributed by atoms with E-state index in [4.69, 9.17) is 11.6 Å². The molecule has 3 rings (SSSR count). The fourth-order valence-corrected chi connectivity index (χ4v) is 3.82. The van der Waals surface area contributed by atoms with Crippen molar-refractivity contribution in [3.05, 3.63) is 52.1 Å². The molecule has 22 heavy (non-hydrogen) atoms. The van der Waals surface area contributed by atoms with Gasteiger partial charge < -0.3 is 4.57 Å². The topological polar surface area (TPSA) is 17.8 Å². The normalized spacial score (nSPS) is 16.1. The Kier molecular flexibility index (Phi) is 4.87. The standard InChI is InChI=1S/C19H25ClN2/c1-14-12-21-15(2)22(14)13-18-9-8-17(11-19(18)20)10-16-6-4-3-5-7-16/h8-9,11-12,16H,3-7,10,13H2,1-2H3. The van der Waals surface area contributed by atoms with Crippen molar-refractivity contribution in [2.75, 3.05) is 0 Å². The first-order chi connectivity index (χ1) is 10.6. The van der Waals surface area contributed by atoms with E-state index < -0.39 is 0 Å². The summed E-state index contributed by atoms with van der Waals surface area (Å²) in [7, 11) is 0. The summed E-state index contributed by atoms with van der Waals surface area (Å²) in [5, 5.41) is 0.890. The van der Waals surface area contributed by atoms with Crippen LogP contribution >= 0.6 is 11.6 Å². The van der Waals surface area contributed by atoms with E-state index in [9.17, 15) is 0 Å². The van der Waals surface area contributed by atoms with Gasteiger partial charge in [-0.2, -0.15) is 0 Å². The summed E-state index contributed by atoms with van der Waals surface area (Å²) < 4.78 is 2.21. The van der Waals surface area contributed by atoms with Crippen LogP contribution in [-0.4, -0.2) is 9.55 Å². The van der Waals surface area contributed by atoms with Crippen molar-refractivity contribution < 1.29 is 0 Å². The van der Waals surface area contributed by atoms with E-state index in [0.29, 0.717) is 0 Å². The molecule has 1 fully saturated rings. The van der Waals surface area contributed by atoms with E-state index in [1.54, 1.807) is 0 Å². The first-order valence-electron chi connectivity index (χ1n) is 8.39. The minimum absolute atomic E-state index is 0.806. The van der Waals surface area contributed by atoms with Gasteiger partial charge in [0.1, 0.15) is 5.82 Å². The first kappa shape index (κ1) is 15.6. The molecule has 1 aliphatic carbocycles. The summed E-state index contributed by atoms with van der Waals surface area (Å²) in [6.45, 7) is 4.93. The Morgan fingerprint density at radius 2 is 1.95 bits per heavy atom. The van der Waals surface area contributed by atoms with Crippen molar-refractivity contribution in [2.45, 2.75) is 58.9 Å². The Bertz CT molecular complexity index is 619. The summed E-state index contributed by atoms with van der Waals surface area (Å²) >= 11 is 6.53. The van der Waals surface area contributed by atoms with E-state index in [1.807, 2.05) is 13.1 Å². The fourth-order valence-electron chi connectivity index (χ4n) is 3.56. The van der Waals surface area contributed by atoms with Gasteiger partial charge in [0, 0.05) is 16.9 Å². The minimum atomic E-state index is 0.806. The average Bonchev–Trinajstić information content (AvgIpc) is 2.83. The summed E-state index contributed by atoms with van der Waals surface area (Å²) in [5.41, 5.74) is 3.75. The van der Waals surface area contributed by atoms with Crippen LogP contribution in [0.1, 0.15) is 54.7 Å². The van der Waals surface area contributed by atoms with Crippen LogP contribution in [0.3, 0.4) is 0 Å². The van der Waals surface area contributed by atoms with E-state index in [0.717, 1.165) is 23.3 Å². The molecular formula is C19H25ClN2. The van der Waals surface area contributed by atoms with Crippen LogP contribution in [0.15, 0.2) is 24.4 Å². The van der Waals surface area contributed by atoms with Gasteiger partial charge in [-0.05, 0) is 43.4 Å². The van der Waals surface area contributed by atoms with Crippen molar-refractivity contribution in [1.82, 2.24) is 9.55 Å². The lowest BCUT2D eigenvalue weighted by molar-refractivity contribution is 0.356. The van der Waals surface area contributed by atoms with Gasteiger partial charge in [-0.3, -0.25) is 0 Å². The Morgan fingerprint density at radius 1 is 1.18 bits per heavy atom. The van der Waals surface area contributed by atoms with Crippen molar-refractivity contribution >= 4 is 11.6 Å². The number of hydrogen-bond acceptors (Lipinski definition) is 1. The molecule has 0 spiro atoms. The zero-order valence-electron chi connectivity index (χ0n) is 13.6. The molecule has 0 unspecified atom stereocenters. The highest BCUT2D eigenvalue weighted by Gasteiger charge is 2.15. The molecule has 1 heterocycles. The summed E-state index contributed by atoms with van der Waals surface area (Å²) in [6, 6.07) is 6.63. The SMILES string of the molecule is Cc1cnc(C)n1Cc1ccc(CC2CCCCC2)cc1Cl. The van der Waals surface area contributed by atoms with Gasteiger partial charge in [-0.15, -0.1) is 0 Å². The fraction of sp³-hybridized carbons (Fsp3) is 0.526. The smallest absolute Gasteiger partial charge is 0.106 e. The second-order valence-corrected chi connectivity index (χ2v) is 7.07.